The Morgan fingerprint density at radius 3 is 1.01 bits per heavy atom. The van der Waals surface area contributed by atoms with Crippen LogP contribution in [-0.2, 0) is 10.8 Å². The van der Waals surface area contributed by atoms with Gasteiger partial charge in [0.2, 0.25) is 0 Å². The van der Waals surface area contributed by atoms with E-state index in [1.54, 1.807) is 0 Å². The largest absolute Gasteiger partial charge is 0.310 e. The van der Waals surface area contributed by atoms with E-state index in [1.807, 2.05) is 0 Å². The Labute approximate surface area is 525 Å². The molecule has 0 N–H and O–H groups in total. The predicted octanol–water partition coefficient (Wildman–Crippen LogP) is 20.7. The van der Waals surface area contributed by atoms with Crippen LogP contribution in [0.5, 0.6) is 0 Å². The summed E-state index contributed by atoms with van der Waals surface area (Å²) in [5.41, 5.74) is 32.0. The van der Waals surface area contributed by atoms with E-state index in [0.717, 1.165) is 5.69 Å². The summed E-state index contributed by atoms with van der Waals surface area (Å²) in [5.74, 6) is 0. The molecule has 90 heavy (non-hydrogen) atoms. The monoisotopic (exact) mass is 1150 g/mol. The molecule has 426 valence electrons. The minimum atomic E-state index is -0.143. The fourth-order valence-electron chi connectivity index (χ4n) is 15.5. The van der Waals surface area contributed by atoms with Gasteiger partial charge in [-0.25, -0.2) is 0 Å². The Hall–Kier alpha value is -10.7. The zero-order valence-electron chi connectivity index (χ0n) is 51.5. The number of hydrogen-bond donors (Lipinski definition) is 0. The van der Waals surface area contributed by atoms with Gasteiger partial charge in [-0.3, -0.25) is 0 Å². The van der Waals surface area contributed by atoms with Crippen molar-refractivity contribution in [2.24, 2.45) is 0 Å². The molecule has 0 atom stereocenters. The lowest BCUT2D eigenvalue weighted by Gasteiger charge is -2.35. The molecule has 3 aromatic heterocycles. The lowest BCUT2D eigenvalue weighted by molar-refractivity contribution is 0.591. The second kappa shape index (κ2) is 19.4. The molecule has 0 amide bonds. The highest BCUT2D eigenvalue weighted by atomic mass is 15.1. The highest BCUT2D eigenvalue weighted by Gasteiger charge is 2.42. The molecule has 16 aromatic rings. The van der Waals surface area contributed by atoms with Gasteiger partial charge in [0.1, 0.15) is 0 Å². The van der Waals surface area contributed by atoms with Crippen LogP contribution in [0, 0.1) is 0 Å². The SMILES string of the molecule is CC(C)(C)c1ccc2c3ccc(C(C)(C)C)cc3n(-c3cc4c5c(c3)-n3c6ccccc6c6cc(-c7ccccc7-c7ccc(-c8ccccc8)cc7)cc(c63)B5c3cc(-c5ccccc5-c5ccc(-c6ccccc6)cc5)cc5c6ccccc6n-4c35)c2c1. The third-order valence-corrected chi connectivity index (χ3v) is 19.9. The summed E-state index contributed by atoms with van der Waals surface area (Å²) in [5, 5.41) is 7.54. The second-order valence-electron chi connectivity index (χ2n) is 27.2. The lowest BCUT2D eigenvalue weighted by Crippen LogP contribution is -2.59. The number of hydrogen-bond acceptors (Lipinski definition) is 0. The van der Waals surface area contributed by atoms with Gasteiger partial charge in [-0.2, -0.15) is 0 Å². The predicted molar refractivity (Wildman–Crippen MR) is 384 cm³/mol. The van der Waals surface area contributed by atoms with Gasteiger partial charge in [0.05, 0.1) is 27.8 Å². The van der Waals surface area contributed by atoms with Crippen LogP contribution >= 0.6 is 0 Å². The zero-order valence-corrected chi connectivity index (χ0v) is 51.5. The van der Waals surface area contributed by atoms with Gasteiger partial charge in [-0.15, -0.1) is 0 Å². The van der Waals surface area contributed by atoms with E-state index in [0.29, 0.717) is 0 Å². The summed E-state index contributed by atoms with van der Waals surface area (Å²) in [6.45, 7) is 13.9. The van der Waals surface area contributed by atoms with E-state index < -0.39 is 0 Å². The third kappa shape index (κ3) is 7.86. The van der Waals surface area contributed by atoms with Crippen molar-refractivity contribution in [2.45, 2.75) is 52.4 Å². The molecule has 0 bridgehead atoms. The number of aromatic nitrogens is 3. The molecule has 2 aliphatic heterocycles. The first-order valence-electron chi connectivity index (χ1n) is 31.8. The van der Waals surface area contributed by atoms with Crippen LogP contribution in [0.3, 0.4) is 0 Å². The summed E-state index contributed by atoms with van der Waals surface area (Å²) in [6, 6.07) is 106. The van der Waals surface area contributed by atoms with Crippen LogP contribution in [0.15, 0.2) is 279 Å². The molecule has 0 aliphatic carbocycles. The van der Waals surface area contributed by atoms with Crippen molar-refractivity contribution in [3.8, 4) is 83.8 Å². The molecule has 0 saturated carbocycles. The van der Waals surface area contributed by atoms with Crippen molar-refractivity contribution >= 4 is 88.5 Å². The van der Waals surface area contributed by atoms with Crippen molar-refractivity contribution in [1.82, 2.24) is 13.7 Å². The van der Waals surface area contributed by atoms with Crippen LogP contribution < -0.4 is 16.4 Å². The van der Waals surface area contributed by atoms with Gasteiger partial charge in [-0.1, -0.05) is 272 Å². The fraction of sp³-hybridized carbons (Fsp3) is 0.0930. The highest BCUT2D eigenvalue weighted by Crippen LogP contribution is 2.46. The molecule has 0 saturated heterocycles. The van der Waals surface area contributed by atoms with Crippen molar-refractivity contribution < 1.29 is 0 Å². The van der Waals surface area contributed by atoms with Crippen molar-refractivity contribution in [1.29, 1.82) is 0 Å². The number of para-hydroxylation sites is 2. The van der Waals surface area contributed by atoms with E-state index in [-0.39, 0.29) is 17.5 Å². The van der Waals surface area contributed by atoms with Crippen LogP contribution in [-0.4, -0.2) is 20.4 Å². The van der Waals surface area contributed by atoms with Crippen molar-refractivity contribution in [3.05, 3.63) is 290 Å². The Balaban J connectivity index is 0.950. The lowest BCUT2D eigenvalue weighted by atomic mass is 9.34. The van der Waals surface area contributed by atoms with Crippen LogP contribution in [0.2, 0.25) is 0 Å². The second-order valence-corrected chi connectivity index (χ2v) is 27.2. The number of nitrogens with zero attached hydrogens (tertiary/aromatic N) is 3. The molecule has 4 heteroatoms. The first kappa shape index (κ1) is 52.4. The van der Waals surface area contributed by atoms with E-state index >= 15 is 0 Å². The van der Waals surface area contributed by atoms with Crippen LogP contribution in [0.25, 0.3) is 149 Å². The Bertz CT molecular complexity index is 5300. The molecule has 5 heterocycles. The first-order chi connectivity index (χ1) is 43.9. The summed E-state index contributed by atoms with van der Waals surface area (Å²) in [6.07, 6.45) is 0. The molecule has 13 aromatic carbocycles. The average molecular weight is 1150 g/mol. The van der Waals surface area contributed by atoms with Crippen LogP contribution in [0.1, 0.15) is 52.7 Å². The van der Waals surface area contributed by atoms with E-state index in [9.17, 15) is 0 Å². The normalized spacial score (nSPS) is 12.8. The highest BCUT2D eigenvalue weighted by molar-refractivity contribution is 7.00. The summed E-state index contributed by atoms with van der Waals surface area (Å²) in [4.78, 5) is 0. The van der Waals surface area contributed by atoms with Gasteiger partial charge in [-0.05, 0) is 154 Å². The smallest absolute Gasteiger partial charge is 0.252 e. The Morgan fingerprint density at radius 2 is 0.600 bits per heavy atom. The summed E-state index contributed by atoms with van der Waals surface area (Å²) < 4.78 is 7.91. The first-order valence-corrected chi connectivity index (χ1v) is 31.8. The van der Waals surface area contributed by atoms with Gasteiger partial charge in [0.15, 0.2) is 0 Å². The third-order valence-electron chi connectivity index (χ3n) is 19.9. The molecule has 0 fully saturated rings. The van der Waals surface area contributed by atoms with Crippen LogP contribution in [0.4, 0.5) is 0 Å². The minimum Gasteiger partial charge on any atom is -0.310 e. The Kier molecular flexibility index (Phi) is 11.3. The van der Waals surface area contributed by atoms with E-state index in [2.05, 4.69) is 334 Å². The van der Waals surface area contributed by atoms with Crippen molar-refractivity contribution in [2.75, 3.05) is 0 Å². The molecule has 0 spiro atoms. The van der Waals surface area contributed by atoms with Gasteiger partial charge >= 0.3 is 0 Å². The van der Waals surface area contributed by atoms with E-state index in [4.69, 9.17) is 0 Å². The molecule has 0 unspecified atom stereocenters. The Morgan fingerprint density at radius 1 is 0.256 bits per heavy atom. The topological polar surface area (TPSA) is 14.8 Å². The van der Waals surface area contributed by atoms with Gasteiger partial charge in [0, 0.05) is 54.7 Å². The molecule has 18 rings (SSSR count). The molecular weight excluding hydrogens is 1090 g/mol. The maximum atomic E-state index is 2.65. The summed E-state index contributed by atoms with van der Waals surface area (Å²) in [7, 11) is 0. The average Bonchev–Trinajstić information content (AvgIpc) is 1.43. The summed E-state index contributed by atoms with van der Waals surface area (Å²) >= 11 is 0. The maximum Gasteiger partial charge on any atom is 0.252 e. The fourth-order valence-corrected chi connectivity index (χ4v) is 15.5. The van der Waals surface area contributed by atoms with Crippen molar-refractivity contribution in [3.63, 3.8) is 0 Å². The van der Waals surface area contributed by atoms with Gasteiger partial charge in [0.25, 0.3) is 6.71 Å². The number of rotatable bonds is 7. The molecule has 3 nitrogen and oxygen atoms in total. The number of benzene rings is 13. The standard InChI is InChI=1S/C86H64BN3/c1-85(2,3)61-41-43-70-71-44-42-62(86(4,5)6)50-79(71)88(78(70)49-61)63-51-80-82-81(52-63)90-77-32-20-18-30-69(77)73-46-60(67-28-16-14-26-65(67)58-39-35-56(36-40-58)54-23-11-8-12-24-54)48-75(84(73)90)87(82)74-47-59(45-72-68-29-17-19-31-76(68)89(80)83(72)74)66-27-15-13-25-64(66)57-37-33-55(34-38-57)53-21-9-7-10-22-53/h7-52H,1-6H3. The molecular formula is C86H64BN3. The minimum absolute atomic E-state index is 0.0570. The number of fused-ring (bicyclic) bond motifs is 13. The quantitative estimate of drug-likeness (QED) is 0.141. The molecule has 2 aliphatic rings. The maximum absolute atomic E-state index is 2.65. The molecule has 0 radical (unpaired) electrons. The zero-order chi connectivity index (χ0) is 60.3. The van der Waals surface area contributed by atoms with E-state index in [1.165, 1.54) is 171 Å². The van der Waals surface area contributed by atoms with Gasteiger partial charge < -0.3 is 13.7 Å².